The van der Waals surface area contributed by atoms with Gasteiger partial charge in [0, 0.05) is 6.04 Å². The summed E-state index contributed by atoms with van der Waals surface area (Å²) in [6.45, 7) is 1.07. The summed E-state index contributed by atoms with van der Waals surface area (Å²) in [5.41, 5.74) is 1.25. The van der Waals surface area contributed by atoms with Crippen LogP contribution < -0.4 is 14.8 Å². The van der Waals surface area contributed by atoms with Gasteiger partial charge in [-0.25, -0.2) is 0 Å². The molecule has 0 bridgehead atoms. The summed E-state index contributed by atoms with van der Waals surface area (Å²) in [7, 11) is 0. The van der Waals surface area contributed by atoms with Gasteiger partial charge in [0.25, 0.3) is 0 Å². The Balaban J connectivity index is 1.65. The molecule has 0 saturated carbocycles. The minimum Gasteiger partial charge on any atom is -0.453 e. The van der Waals surface area contributed by atoms with Gasteiger partial charge in [-0.15, -0.1) is 0 Å². The second-order valence-electron chi connectivity index (χ2n) is 6.54. The number of hydrogen-bond donors (Lipinski definition) is 1. The highest BCUT2D eigenvalue weighted by atomic mass is 16.5. The van der Waals surface area contributed by atoms with E-state index in [4.69, 9.17) is 9.47 Å². The lowest BCUT2D eigenvalue weighted by Crippen LogP contribution is -2.26. The predicted octanol–water partition coefficient (Wildman–Crippen LogP) is 6.09. The molecule has 4 rings (SSSR count). The molecule has 132 valence electrons. The third kappa shape index (κ3) is 4.06. The molecule has 3 aromatic rings. The topological polar surface area (TPSA) is 30.5 Å². The number of benzene rings is 3. The van der Waals surface area contributed by atoms with Crippen molar-refractivity contribution in [1.29, 1.82) is 0 Å². The van der Waals surface area contributed by atoms with E-state index in [1.165, 1.54) is 18.4 Å². The molecule has 1 fully saturated rings. The lowest BCUT2D eigenvalue weighted by molar-refractivity contribution is 0.401. The Kier molecular flexibility index (Phi) is 5.17. The van der Waals surface area contributed by atoms with E-state index in [2.05, 4.69) is 17.4 Å². The Morgan fingerprint density at radius 1 is 0.692 bits per heavy atom. The number of rotatable bonds is 5. The van der Waals surface area contributed by atoms with E-state index in [1.807, 2.05) is 66.7 Å². The molecular weight excluding hydrogens is 322 g/mol. The summed E-state index contributed by atoms with van der Waals surface area (Å²) in [6.07, 6.45) is 3.66. The molecular formula is C23H23NO2. The van der Waals surface area contributed by atoms with E-state index in [9.17, 15) is 0 Å². The molecule has 1 N–H and O–H groups in total. The number of nitrogens with one attached hydrogen (secondary N) is 1. The summed E-state index contributed by atoms with van der Waals surface area (Å²) < 4.78 is 12.2. The highest BCUT2D eigenvalue weighted by Crippen LogP contribution is 2.37. The van der Waals surface area contributed by atoms with Crippen LogP contribution in [0.25, 0.3) is 0 Å². The van der Waals surface area contributed by atoms with E-state index in [1.54, 1.807) is 0 Å². The molecule has 26 heavy (non-hydrogen) atoms. The lowest BCUT2D eigenvalue weighted by atomic mass is 9.97. The van der Waals surface area contributed by atoms with Gasteiger partial charge in [-0.2, -0.15) is 0 Å². The third-order valence-corrected chi connectivity index (χ3v) is 4.62. The van der Waals surface area contributed by atoms with E-state index >= 15 is 0 Å². The van der Waals surface area contributed by atoms with Gasteiger partial charge in [0.1, 0.15) is 11.5 Å². The lowest BCUT2D eigenvalue weighted by Gasteiger charge is -2.24. The summed E-state index contributed by atoms with van der Waals surface area (Å²) in [5, 5.41) is 3.60. The van der Waals surface area contributed by atoms with Crippen LogP contribution >= 0.6 is 0 Å². The van der Waals surface area contributed by atoms with Crippen molar-refractivity contribution in [3.05, 3.63) is 84.4 Å². The first-order valence-electron chi connectivity index (χ1n) is 9.22. The second kappa shape index (κ2) is 8.07. The van der Waals surface area contributed by atoms with Crippen molar-refractivity contribution in [2.24, 2.45) is 0 Å². The van der Waals surface area contributed by atoms with Gasteiger partial charge in [0.2, 0.25) is 0 Å². The molecule has 1 aliphatic heterocycles. The van der Waals surface area contributed by atoms with Gasteiger partial charge in [0.05, 0.1) is 0 Å². The largest absolute Gasteiger partial charge is 0.453 e. The van der Waals surface area contributed by atoms with Crippen molar-refractivity contribution in [2.45, 2.75) is 25.3 Å². The Morgan fingerprint density at radius 2 is 1.35 bits per heavy atom. The van der Waals surface area contributed by atoms with Crippen molar-refractivity contribution in [3.63, 3.8) is 0 Å². The summed E-state index contributed by atoms with van der Waals surface area (Å²) in [4.78, 5) is 0. The van der Waals surface area contributed by atoms with Crippen LogP contribution in [0.5, 0.6) is 23.0 Å². The molecule has 3 nitrogen and oxygen atoms in total. The quantitative estimate of drug-likeness (QED) is 0.607. The monoisotopic (exact) mass is 345 g/mol. The van der Waals surface area contributed by atoms with Crippen molar-refractivity contribution in [2.75, 3.05) is 6.54 Å². The van der Waals surface area contributed by atoms with Gasteiger partial charge >= 0.3 is 0 Å². The molecule has 1 aliphatic rings. The van der Waals surface area contributed by atoms with Gasteiger partial charge in [0.15, 0.2) is 11.5 Å². The SMILES string of the molecule is c1ccc(Oc2ccc([C@@H]3CCCCN3)cc2Oc2ccccc2)cc1. The molecule has 0 unspecified atom stereocenters. The molecule has 3 aromatic carbocycles. The van der Waals surface area contributed by atoms with Crippen molar-refractivity contribution >= 4 is 0 Å². The zero-order valence-corrected chi connectivity index (χ0v) is 14.7. The van der Waals surface area contributed by atoms with Gasteiger partial charge < -0.3 is 14.8 Å². The highest BCUT2D eigenvalue weighted by Gasteiger charge is 2.17. The molecule has 3 heteroatoms. The highest BCUT2D eigenvalue weighted by molar-refractivity contribution is 5.48. The fourth-order valence-electron chi connectivity index (χ4n) is 3.27. The molecule has 1 heterocycles. The molecule has 0 spiro atoms. The van der Waals surface area contributed by atoms with Crippen LogP contribution in [-0.4, -0.2) is 6.54 Å². The number of hydrogen-bond acceptors (Lipinski definition) is 3. The maximum Gasteiger partial charge on any atom is 0.170 e. The minimum absolute atomic E-state index is 0.382. The molecule has 0 aliphatic carbocycles. The molecule has 0 aromatic heterocycles. The van der Waals surface area contributed by atoms with Crippen LogP contribution in [0.2, 0.25) is 0 Å². The normalized spacial score (nSPS) is 16.8. The van der Waals surface area contributed by atoms with Crippen LogP contribution in [0.1, 0.15) is 30.9 Å². The minimum atomic E-state index is 0.382. The van der Waals surface area contributed by atoms with Crippen LogP contribution in [0.15, 0.2) is 78.9 Å². The smallest absolute Gasteiger partial charge is 0.170 e. The fourth-order valence-corrected chi connectivity index (χ4v) is 3.27. The zero-order valence-electron chi connectivity index (χ0n) is 14.7. The standard InChI is InChI=1S/C23H23NO2/c1-3-9-19(10-4-1)25-22-15-14-18(21-13-7-8-16-24-21)17-23(22)26-20-11-5-2-6-12-20/h1-6,9-12,14-15,17,21,24H,7-8,13,16H2/t21-/m0/s1. The van der Waals surface area contributed by atoms with Gasteiger partial charge in [-0.3, -0.25) is 0 Å². The number of ether oxygens (including phenoxy) is 2. The number of para-hydroxylation sites is 2. The summed E-state index contributed by atoms with van der Waals surface area (Å²) >= 11 is 0. The van der Waals surface area contributed by atoms with Crippen LogP contribution in [0.4, 0.5) is 0 Å². The zero-order chi connectivity index (χ0) is 17.6. The first-order valence-corrected chi connectivity index (χ1v) is 9.22. The fraction of sp³-hybridized carbons (Fsp3) is 0.217. The van der Waals surface area contributed by atoms with Crippen LogP contribution in [-0.2, 0) is 0 Å². The second-order valence-corrected chi connectivity index (χ2v) is 6.54. The van der Waals surface area contributed by atoms with Gasteiger partial charge in [-0.05, 0) is 61.3 Å². The van der Waals surface area contributed by atoms with Crippen molar-refractivity contribution < 1.29 is 9.47 Å². The summed E-state index contributed by atoms with van der Waals surface area (Å²) in [5.74, 6) is 3.07. The van der Waals surface area contributed by atoms with E-state index in [0.717, 1.165) is 36.0 Å². The molecule has 0 amide bonds. The van der Waals surface area contributed by atoms with Crippen LogP contribution in [0, 0.1) is 0 Å². The Morgan fingerprint density at radius 3 is 1.96 bits per heavy atom. The van der Waals surface area contributed by atoms with Crippen molar-refractivity contribution in [1.82, 2.24) is 5.32 Å². The Bertz CT molecular complexity index is 827. The van der Waals surface area contributed by atoms with Crippen molar-refractivity contribution in [3.8, 4) is 23.0 Å². The maximum atomic E-state index is 6.16. The Hall–Kier alpha value is -2.78. The summed E-state index contributed by atoms with van der Waals surface area (Å²) in [6, 6.07) is 26.3. The molecule has 0 radical (unpaired) electrons. The molecule has 1 saturated heterocycles. The van der Waals surface area contributed by atoms with E-state index < -0.39 is 0 Å². The average molecular weight is 345 g/mol. The molecule has 1 atom stereocenters. The third-order valence-electron chi connectivity index (χ3n) is 4.62. The average Bonchev–Trinajstić information content (AvgIpc) is 2.71. The van der Waals surface area contributed by atoms with Gasteiger partial charge in [-0.1, -0.05) is 48.9 Å². The predicted molar refractivity (Wildman–Crippen MR) is 104 cm³/mol. The van der Waals surface area contributed by atoms with E-state index in [0.29, 0.717) is 6.04 Å². The van der Waals surface area contributed by atoms with Crippen LogP contribution in [0.3, 0.4) is 0 Å². The number of piperidine rings is 1. The van der Waals surface area contributed by atoms with E-state index in [-0.39, 0.29) is 0 Å². The Labute approximate surface area is 154 Å². The first-order chi connectivity index (χ1) is 12.9. The first kappa shape index (κ1) is 16.7. The maximum absolute atomic E-state index is 6.16.